The number of nitrogens with zero attached hydrogens (tertiary/aromatic N) is 2. The van der Waals surface area contributed by atoms with Gasteiger partial charge in [-0.2, -0.15) is 0 Å². The molecule has 3 N–H and O–H groups in total. The van der Waals surface area contributed by atoms with E-state index in [0.29, 0.717) is 17.6 Å². The molecule has 2 aliphatic rings. The molecule has 2 heterocycles. The molecule has 3 atom stereocenters. The van der Waals surface area contributed by atoms with E-state index in [2.05, 4.69) is 42.0 Å². The predicted octanol–water partition coefficient (Wildman–Crippen LogP) is 4.64. The van der Waals surface area contributed by atoms with Gasteiger partial charge in [-0.05, 0) is 63.3 Å². The number of aliphatic imine (C=N–C) groups is 1. The van der Waals surface area contributed by atoms with Crippen LogP contribution in [0.5, 0.6) is 0 Å². The van der Waals surface area contributed by atoms with Crippen molar-refractivity contribution in [3.05, 3.63) is 47.7 Å². The standard InChI is InChI=1S/C24H36FN5/c1-6-20-11-19(14-27-20)13-26-17(4)15-30-18(5)28-23(12-21(30)7-2)22-9-8-16(3)10-24(22)29-25/h8-10,12,19-21,26-27,29H,4,6-7,11,13-15H2,1-3,5H3. The largest absolute Gasteiger partial charge is 0.387 e. The SMILES string of the molecule is C=C(CN1C(C)=NC(c2ccc(C)cc2NF)=CC1CC)NCC1CNC(CC)C1. The Balaban J connectivity index is 1.65. The molecule has 1 fully saturated rings. The molecule has 1 saturated heterocycles. The van der Waals surface area contributed by atoms with Crippen molar-refractivity contribution in [2.75, 3.05) is 25.2 Å². The Morgan fingerprint density at radius 1 is 1.30 bits per heavy atom. The van der Waals surface area contributed by atoms with Gasteiger partial charge in [-0.25, -0.2) is 10.5 Å². The lowest BCUT2D eigenvalue weighted by molar-refractivity contribution is 0.359. The van der Waals surface area contributed by atoms with Crippen molar-refractivity contribution in [2.45, 2.75) is 59.0 Å². The summed E-state index contributed by atoms with van der Waals surface area (Å²) < 4.78 is 13.3. The summed E-state index contributed by atoms with van der Waals surface area (Å²) in [4.78, 5) is 7.08. The molecule has 5 nitrogen and oxygen atoms in total. The molecule has 30 heavy (non-hydrogen) atoms. The molecule has 0 radical (unpaired) electrons. The molecule has 0 aliphatic carbocycles. The van der Waals surface area contributed by atoms with Gasteiger partial charge in [0.15, 0.2) is 0 Å². The molecule has 1 aromatic carbocycles. The van der Waals surface area contributed by atoms with Crippen molar-refractivity contribution in [1.82, 2.24) is 15.5 Å². The van der Waals surface area contributed by atoms with E-state index >= 15 is 0 Å². The summed E-state index contributed by atoms with van der Waals surface area (Å²) in [5.74, 6) is 1.59. The lowest BCUT2D eigenvalue weighted by atomic mass is 10.0. The molecule has 0 spiro atoms. The number of anilines is 1. The molecule has 0 amide bonds. The van der Waals surface area contributed by atoms with Crippen LogP contribution in [0.3, 0.4) is 0 Å². The van der Waals surface area contributed by atoms with Crippen LogP contribution in [0.1, 0.15) is 51.2 Å². The zero-order valence-electron chi connectivity index (χ0n) is 18.8. The average Bonchev–Trinajstić information content (AvgIpc) is 3.21. The van der Waals surface area contributed by atoms with E-state index in [0.717, 1.165) is 54.4 Å². The van der Waals surface area contributed by atoms with Gasteiger partial charge in [0.25, 0.3) is 0 Å². The van der Waals surface area contributed by atoms with Gasteiger partial charge in [0.2, 0.25) is 0 Å². The van der Waals surface area contributed by atoms with E-state index in [-0.39, 0.29) is 6.04 Å². The van der Waals surface area contributed by atoms with E-state index in [4.69, 9.17) is 4.99 Å². The summed E-state index contributed by atoms with van der Waals surface area (Å²) in [6, 6.07) is 6.58. The van der Waals surface area contributed by atoms with E-state index in [1.165, 1.54) is 12.8 Å². The van der Waals surface area contributed by atoms with Gasteiger partial charge >= 0.3 is 0 Å². The van der Waals surface area contributed by atoms with Crippen LogP contribution < -0.4 is 16.2 Å². The quantitative estimate of drug-likeness (QED) is 0.517. The third-order valence-electron chi connectivity index (χ3n) is 6.23. The third kappa shape index (κ3) is 5.22. The van der Waals surface area contributed by atoms with Gasteiger partial charge in [0, 0.05) is 23.8 Å². The van der Waals surface area contributed by atoms with Crippen LogP contribution >= 0.6 is 0 Å². The summed E-state index contributed by atoms with van der Waals surface area (Å²) in [5.41, 5.74) is 5.91. The average molecular weight is 414 g/mol. The Bertz CT molecular complexity index is 816. The van der Waals surface area contributed by atoms with Crippen LogP contribution in [0.15, 0.2) is 41.5 Å². The lowest BCUT2D eigenvalue weighted by Gasteiger charge is -2.35. The van der Waals surface area contributed by atoms with Crippen molar-refractivity contribution in [1.29, 1.82) is 0 Å². The Hall–Kier alpha value is -2.34. The first-order valence-electron chi connectivity index (χ1n) is 11.1. The second-order valence-corrected chi connectivity index (χ2v) is 8.56. The van der Waals surface area contributed by atoms with Crippen molar-refractivity contribution in [3.63, 3.8) is 0 Å². The number of hydrogen-bond donors (Lipinski definition) is 3. The number of aryl methyl sites for hydroxylation is 1. The van der Waals surface area contributed by atoms with Gasteiger partial charge in [0.05, 0.1) is 24.0 Å². The van der Waals surface area contributed by atoms with Gasteiger partial charge in [-0.1, -0.05) is 32.6 Å². The fourth-order valence-electron chi connectivity index (χ4n) is 4.39. The highest BCUT2D eigenvalue weighted by Gasteiger charge is 2.25. The second kappa shape index (κ2) is 10.1. The van der Waals surface area contributed by atoms with Crippen LogP contribution in [0, 0.1) is 12.8 Å². The van der Waals surface area contributed by atoms with E-state index in [1.807, 2.05) is 31.5 Å². The first-order chi connectivity index (χ1) is 14.4. The molecule has 0 saturated carbocycles. The Kier molecular flexibility index (Phi) is 7.53. The van der Waals surface area contributed by atoms with Crippen LogP contribution in [0.2, 0.25) is 0 Å². The Morgan fingerprint density at radius 2 is 2.10 bits per heavy atom. The summed E-state index contributed by atoms with van der Waals surface area (Å²) in [6.07, 6.45) is 5.50. The molecule has 2 aliphatic heterocycles. The summed E-state index contributed by atoms with van der Waals surface area (Å²) in [5, 5.41) is 7.12. The third-order valence-corrected chi connectivity index (χ3v) is 6.23. The molecule has 164 valence electrons. The van der Waals surface area contributed by atoms with Gasteiger partial charge in [-0.3, -0.25) is 0 Å². The minimum atomic E-state index is 0.197. The van der Waals surface area contributed by atoms with Crippen LogP contribution in [0.25, 0.3) is 5.70 Å². The van der Waals surface area contributed by atoms with Crippen LogP contribution in [-0.4, -0.2) is 42.5 Å². The molecular weight excluding hydrogens is 377 g/mol. The molecule has 0 bridgehead atoms. The highest BCUT2D eigenvalue weighted by atomic mass is 19.2. The minimum Gasteiger partial charge on any atom is -0.387 e. The van der Waals surface area contributed by atoms with E-state index in [9.17, 15) is 4.48 Å². The maximum Gasteiger partial charge on any atom is 0.102 e. The lowest BCUT2D eigenvalue weighted by Crippen LogP contribution is -2.43. The van der Waals surface area contributed by atoms with Gasteiger partial charge in [-0.15, -0.1) is 4.48 Å². The number of benzene rings is 1. The number of amidine groups is 1. The maximum absolute atomic E-state index is 13.3. The zero-order chi connectivity index (χ0) is 21.7. The van der Waals surface area contributed by atoms with Gasteiger partial charge < -0.3 is 15.5 Å². The summed E-state index contributed by atoms with van der Waals surface area (Å²) in [6.45, 7) is 15.4. The highest BCUT2D eigenvalue weighted by Crippen LogP contribution is 2.31. The predicted molar refractivity (Wildman–Crippen MR) is 125 cm³/mol. The number of rotatable bonds is 9. The smallest absolute Gasteiger partial charge is 0.102 e. The van der Waals surface area contributed by atoms with E-state index in [1.54, 1.807) is 6.07 Å². The second-order valence-electron chi connectivity index (χ2n) is 8.56. The molecule has 3 rings (SSSR count). The van der Waals surface area contributed by atoms with Crippen molar-refractivity contribution in [2.24, 2.45) is 10.9 Å². The Morgan fingerprint density at radius 3 is 2.77 bits per heavy atom. The number of hydrogen-bond acceptors (Lipinski definition) is 5. The first-order valence-corrected chi connectivity index (χ1v) is 11.1. The monoisotopic (exact) mass is 413 g/mol. The van der Waals surface area contributed by atoms with Crippen LogP contribution in [0.4, 0.5) is 10.2 Å². The fraction of sp³-hybridized carbons (Fsp3) is 0.542. The van der Waals surface area contributed by atoms with E-state index < -0.39 is 0 Å². The number of nitrogens with one attached hydrogen (secondary N) is 3. The molecular formula is C24H36FN5. The summed E-state index contributed by atoms with van der Waals surface area (Å²) >= 11 is 0. The minimum absolute atomic E-state index is 0.197. The number of halogens is 1. The fourth-order valence-corrected chi connectivity index (χ4v) is 4.39. The maximum atomic E-state index is 13.3. The van der Waals surface area contributed by atoms with Crippen molar-refractivity contribution >= 4 is 17.2 Å². The molecule has 3 unspecified atom stereocenters. The van der Waals surface area contributed by atoms with Crippen molar-refractivity contribution in [3.8, 4) is 0 Å². The molecule has 1 aromatic rings. The molecule has 0 aromatic heterocycles. The topological polar surface area (TPSA) is 51.7 Å². The molecule has 6 heteroatoms. The zero-order valence-corrected chi connectivity index (χ0v) is 18.8. The van der Waals surface area contributed by atoms with Crippen LogP contribution in [-0.2, 0) is 0 Å². The highest BCUT2D eigenvalue weighted by molar-refractivity contribution is 5.91. The summed E-state index contributed by atoms with van der Waals surface area (Å²) in [7, 11) is 0. The Labute approximate surface area is 180 Å². The first kappa shape index (κ1) is 22.3. The van der Waals surface area contributed by atoms with Gasteiger partial charge in [0.1, 0.15) is 5.84 Å². The van der Waals surface area contributed by atoms with Crippen molar-refractivity contribution < 1.29 is 4.48 Å². The normalized spacial score (nSPS) is 23.8.